The largest absolute Gasteiger partial charge is 0.496 e. The lowest BCUT2D eigenvalue weighted by atomic mass is 9.99. The number of aliphatic hydroxyl groups excluding tert-OH is 1. The van der Waals surface area contributed by atoms with Crippen LogP contribution in [-0.2, 0) is 4.79 Å². The van der Waals surface area contributed by atoms with Crippen LogP contribution in [0.5, 0.6) is 5.75 Å². The normalized spacial score (nSPS) is 12.3. The van der Waals surface area contributed by atoms with Gasteiger partial charge < -0.3 is 14.9 Å². The highest BCUT2D eigenvalue weighted by atomic mass is 79.9. The summed E-state index contributed by atoms with van der Waals surface area (Å²) in [4.78, 5) is 10.8. The molecule has 16 heavy (non-hydrogen) atoms. The maximum absolute atomic E-state index is 10.8. The second-order valence-electron chi connectivity index (χ2n) is 3.49. The van der Waals surface area contributed by atoms with Gasteiger partial charge in [-0.3, -0.25) is 0 Å². The van der Waals surface area contributed by atoms with Gasteiger partial charge in [-0.05, 0) is 31.0 Å². The Morgan fingerprint density at radius 3 is 2.50 bits per heavy atom. The van der Waals surface area contributed by atoms with Crippen LogP contribution >= 0.6 is 15.9 Å². The van der Waals surface area contributed by atoms with Crippen LogP contribution in [0, 0.1) is 13.8 Å². The number of aliphatic hydroxyl groups is 1. The molecule has 4 nitrogen and oxygen atoms in total. The Morgan fingerprint density at radius 2 is 2.06 bits per heavy atom. The van der Waals surface area contributed by atoms with Gasteiger partial charge in [0.05, 0.1) is 7.11 Å². The number of aryl methyl sites for hydroxylation is 1. The van der Waals surface area contributed by atoms with Crippen molar-refractivity contribution in [3.8, 4) is 5.75 Å². The van der Waals surface area contributed by atoms with Crippen molar-refractivity contribution in [3.05, 3.63) is 27.2 Å². The third kappa shape index (κ3) is 2.20. The van der Waals surface area contributed by atoms with E-state index in [2.05, 4.69) is 15.9 Å². The Hall–Kier alpha value is -1.07. The molecule has 1 atom stereocenters. The van der Waals surface area contributed by atoms with E-state index < -0.39 is 12.1 Å². The lowest BCUT2D eigenvalue weighted by Gasteiger charge is -2.17. The lowest BCUT2D eigenvalue weighted by molar-refractivity contribution is -0.147. The van der Waals surface area contributed by atoms with Crippen molar-refractivity contribution in [2.45, 2.75) is 20.0 Å². The Balaban J connectivity index is 3.45. The molecule has 88 valence electrons. The average Bonchev–Trinajstić information content (AvgIpc) is 2.17. The van der Waals surface area contributed by atoms with E-state index in [1.807, 2.05) is 6.92 Å². The Labute approximate surface area is 102 Å². The number of halogens is 1. The maximum atomic E-state index is 10.8. The molecule has 2 N–H and O–H groups in total. The molecule has 1 aromatic rings. The van der Waals surface area contributed by atoms with Gasteiger partial charge in [-0.1, -0.05) is 15.9 Å². The molecule has 0 radical (unpaired) electrons. The third-order valence-corrected chi connectivity index (χ3v) is 3.07. The topological polar surface area (TPSA) is 66.8 Å². The minimum absolute atomic E-state index is 0.329. The quantitative estimate of drug-likeness (QED) is 0.895. The summed E-state index contributed by atoms with van der Waals surface area (Å²) in [7, 11) is 1.51. The molecule has 0 aliphatic heterocycles. The van der Waals surface area contributed by atoms with Gasteiger partial charge in [0.25, 0.3) is 0 Å². The van der Waals surface area contributed by atoms with Gasteiger partial charge in [0.15, 0.2) is 6.10 Å². The number of carboxylic acids is 1. The van der Waals surface area contributed by atoms with Gasteiger partial charge in [0.2, 0.25) is 0 Å². The number of rotatable bonds is 3. The van der Waals surface area contributed by atoms with Crippen molar-refractivity contribution in [1.82, 2.24) is 0 Å². The zero-order chi connectivity index (χ0) is 12.5. The van der Waals surface area contributed by atoms with Crippen molar-refractivity contribution in [2.75, 3.05) is 7.11 Å². The first kappa shape index (κ1) is 13.0. The number of benzene rings is 1. The van der Waals surface area contributed by atoms with E-state index in [1.54, 1.807) is 13.0 Å². The number of hydrogen-bond donors (Lipinski definition) is 2. The van der Waals surface area contributed by atoms with Crippen LogP contribution in [0.25, 0.3) is 0 Å². The van der Waals surface area contributed by atoms with Gasteiger partial charge in [-0.15, -0.1) is 0 Å². The van der Waals surface area contributed by atoms with Crippen molar-refractivity contribution in [3.63, 3.8) is 0 Å². The Bertz CT molecular complexity index is 428. The molecule has 0 aliphatic carbocycles. The highest BCUT2D eigenvalue weighted by molar-refractivity contribution is 9.10. The number of carbonyl (C=O) groups is 1. The molecule has 0 bridgehead atoms. The monoisotopic (exact) mass is 288 g/mol. The molecule has 1 aromatic carbocycles. The van der Waals surface area contributed by atoms with E-state index >= 15 is 0 Å². The van der Waals surface area contributed by atoms with Crippen molar-refractivity contribution in [2.24, 2.45) is 0 Å². The summed E-state index contributed by atoms with van der Waals surface area (Å²) in [5, 5.41) is 18.4. The Kier molecular flexibility index (Phi) is 3.93. The fraction of sp³-hybridized carbons (Fsp3) is 0.364. The Morgan fingerprint density at radius 1 is 1.50 bits per heavy atom. The van der Waals surface area contributed by atoms with Crippen molar-refractivity contribution < 1.29 is 19.7 Å². The van der Waals surface area contributed by atoms with Crippen LogP contribution in [0.15, 0.2) is 10.5 Å². The first-order chi connectivity index (χ1) is 7.40. The van der Waals surface area contributed by atoms with Crippen molar-refractivity contribution >= 4 is 21.9 Å². The minimum atomic E-state index is -1.55. The molecule has 0 spiro atoms. The molecule has 0 heterocycles. The summed E-state index contributed by atoms with van der Waals surface area (Å²) in [6.07, 6.45) is -1.55. The molecule has 0 saturated carbocycles. The van der Waals surface area contributed by atoms with E-state index in [0.29, 0.717) is 21.3 Å². The molecule has 0 aromatic heterocycles. The summed E-state index contributed by atoms with van der Waals surface area (Å²) >= 11 is 3.25. The third-order valence-electron chi connectivity index (χ3n) is 2.41. The predicted molar refractivity (Wildman–Crippen MR) is 62.8 cm³/mol. The van der Waals surface area contributed by atoms with Gasteiger partial charge >= 0.3 is 5.97 Å². The van der Waals surface area contributed by atoms with Gasteiger partial charge in [-0.2, -0.15) is 0 Å². The molecule has 1 rings (SSSR count). The summed E-state index contributed by atoms with van der Waals surface area (Å²) in [6, 6.07) is 1.73. The fourth-order valence-electron chi connectivity index (χ4n) is 1.70. The van der Waals surface area contributed by atoms with Gasteiger partial charge in [-0.25, -0.2) is 4.79 Å². The molecule has 1 unspecified atom stereocenters. The summed E-state index contributed by atoms with van der Waals surface area (Å²) < 4.78 is 5.74. The molecule has 0 saturated heterocycles. The number of methoxy groups -OCH3 is 1. The summed E-state index contributed by atoms with van der Waals surface area (Å²) in [5.41, 5.74) is 1.84. The molecule has 5 heteroatoms. The zero-order valence-electron chi connectivity index (χ0n) is 9.24. The van der Waals surface area contributed by atoms with Crippen LogP contribution in [0.1, 0.15) is 22.8 Å². The maximum Gasteiger partial charge on any atom is 0.337 e. The summed E-state index contributed by atoms with van der Waals surface area (Å²) in [5.74, 6) is -0.687. The number of carboxylic acid groups (broad SMARTS) is 1. The highest BCUT2D eigenvalue weighted by Gasteiger charge is 2.24. The lowest BCUT2D eigenvalue weighted by Crippen LogP contribution is -2.13. The predicted octanol–water partition coefficient (Wildman–Crippen LogP) is 2.19. The SMILES string of the molecule is COc1c(C)cc(Br)c(C(O)C(=O)O)c1C. The fourth-order valence-corrected chi connectivity index (χ4v) is 2.56. The zero-order valence-corrected chi connectivity index (χ0v) is 10.8. The van der Waals surface area contributed by atoms with E-state index in [1.165, 1.54) is 7.11 Å². The van der Waals surface area contributed by atoms with Crippen LogP contribution in [0.3, 0.4) is 0 Å². The molecular weight excluding hydrogens is 276 g/mol. The van der Waals surface area contributed by atoms with Gasteiger partial charge in [0.1, 0.15) is 5.75 Å². The average molecular weight is 289 g/mol. The molecule has 0 fully saturated rings. The number of ether oxygens (including phenoxy) is 1. The number of aliphatic carboxylic acids is 1. The highest BCUT2D eigenvalue weighted by Crippen LogP contribution is 2.35. The van der Waals surface area contributed by atoms with Crippen LogP contribution in [0.2, 0.25) is 0 Å². The first-order valence-electron chi connectivity index (χ1n) is 4.64. The molecule has 0 aliphatic rings. The first-order valence-corrected chi connectivity index (χ1v) is 5.43. The molecular formula is C11H13BrO4. The van der Waals surface area contributed by atoms with Crippen LogP contribution in [-0.4, -0.2) is 23.3 Å². The summed E-state index contributed by atoms with van der Waals surface area (Å²) in [6.45, 7) is 3.58. The molecule has 0 amide bonds. The van der Waals surface area contributed by atoms with E-state index in [-0.39, 0.29) is 0 Å². The van der Waals surface area contributed by atoms with Crippen LogP contribution in [0.4, 0.5) is 0 Å². The smallest absolute Gasteiger partial charge is 0.337 e. The van der Waals surface area contributed by atoms with E-state index in [4.69, 9.17) is 9.84 Å². The van der Waals surface area contributed by atoms with Crippen molar-refractivity contribution in [1.29, 1.82) is 0 Å². The van der Waals surface area contributed by atoms with E-state index in [9.17, 15) is 9.90 Å². The van der Waals surface area contributed by atoms with Crippen LogP contribution < -0.4 is 4.74 Å². The van der Waals surface area contributed by atoms with Gasteiger partial charge in [0, 0.05) is 10.0 Å². The standard InChI is InChI=1S/C11H13BrO4/c1-5-4-7(12)8(9(13)11(14)15)6(2)10(5)16-3/h4,9,13H,1-3H3,(H,14,15). The number of hydrogen-bond acceptors (Lipinski definition) is 3. The second-order valence-corrected chi connectivity index (χ2v) is 4.34. The minimum Gasteiger partial charge on any atom is -0.496 e. The second kappa shape index (κ2) is 4.84. The van der Waals surface area contributed by atoms with E-state index in [0.717, 1.165) is 5.56 Å².